The van der Waals surface area contributed by atoms with Crippen molar-refractivity contribution in [2.75, 3.05) is 55.9 Å². The average molecular weight is 783 g/mol. The molecule has 0 aliphatic rings. The van der Waals surface area contributed by atoms with Gasteiger partial charge in [0.25, 0.3) is 0 Å². The van der Waals surface area contributed by atoms with Gasteiger partial charge in [0, 0.05) is 14.5 Å². The van der Waals surface area contributed by atoms with E-state index in [2.05, 4.69) is 66.8 Å². The first-order valence-electron chi connectivity index (χ1n) is 22.9. The Morgan fingerprint density at radius 1 is 0.333 bits per heavy atom. The van der Waals surface area contributed by atoms with Gasteiger partial charge in [0.05, 0.1) is 63.7 Å². The van der Waals surface area contributed by atoms with Crippen LogP contribution in [-0.4, -0.2) is 55.9 Å². The van der Waals surface area contributed by atoms with Gasteiger partial charge in [-0.3, -0.25) is 0 Å². The largest absolute Gasteiger partial charge is 0.790 e. The van der Waals surface area contributed by atoms with Gasteiger partial charge in [-0.05, 0) is 57.8 Å². The minimum atomic E-state index is -4.74. The second-order valence-electron chi connectivity index (χ2n) is 15.8. The lowest BCUT2D eigenvalue weighted by Gasteiger charge is -2.28. The zero-order chi connectivity index (χ0) is 39.0. The number of phosphoric acid groups is 1. The summed E-state index contributed by atoms with van der Waals surface area (Å²) >= 11 is 0. The molecule has 0 bridgehead atoms. The summed E-state index contributed by atoms with van der Waals surface area (Å²) in [4.78, 5) is 20.3. The van der Waals surface area contributed by atoms with Gasteiger partial charge in [0.2, 0.25) is 0 Å². The van der Waals surface area contributed by atoms with Crippen molar-refractivity contribution in [2.24, 2.45) is 0 Å². The van der Waals surface area contributed by atoms with E-state index in [1.807, 2.05) is 0 Å². The predicted octanol–water partition coefficient (Wildman–Crippen LogP) is 15.2. The van der Waals surface area contributed by atoms with E-state index in [1.54, 1.807) is 49.3 Å². The lowest BCUT2D eigenvalue weighted by molar-refractivity contribution is -0.341. The van der Waals surface area contributed by atoms with Crippen LogP contribution in [-0.2, 0) is 9.09 Å². The van der Waals surface area contributed by atoms with E-state index in [0.717, 1.165) is 12.8 Å². The summed E-state index contributed by atoms with van der Waals surface area (Å²) in [5.74, 6) is 0. The Morgan fingerprint density at radius 2 is 0.529 bits per heavy atom. The van der Waals surface area contributed by atoms with Gasteiger partial charge >= 0.3 is 0 Å². The Labute approximate surface area is 325 Å². The van der Waals surface area contributed by atoms with Crippen molar-refractivity contribution in [3.63, 3.8) is 0 Å². The maximum atomic E-state index is 10.1. The van der Waals surface area contributed by atoms with Crippen molar-refractivity contribution in [1.82, 2.24) is 0 Å². The Morgan fingerprint density at radius 3 is 0.725 bits per heavy atom. The molecule has 0 aromatic rings. The van der Waals surface area contributed by atoms with Crippen LogP contribution >= 0.6 is 22.3 Å². The van der Waals surface area contributed by atoms with E-state index >= 15 is 0 Å². The van der Waals surface area contributed by atoms with Crippen LogP contribution in [0.2, 0.25) is 0 Å². The van der Waals surface area contributed by atoms with Gasteiger partial charge < -0.3 is 18.9 Å². The maximum absolute atomic E-state index is 10.1. The van der Waals surface area contributed by atoms with Gasteiger partial charge in [-0.15, -0.1) is 0 Å². The highest BCUT2D eigenvalue weighted by Crippen LogP contribution is 2.62. The third-order valence-electron chi connectivity index (χ3n) is 10.6. The summed E-state index contributed by atoms with van der Waals surface area (Å²) < 4.78 is 14.3. The zero-order valence-electron chi connectivity index (χ0n) is 36.7. The van der Waals surface area contributed by atoms with E-state index in [4.69, 9.17) is 0 Å². The molecule has 0 atom stereocenters. The van der Waals surface area contributed by atoms with E-state index in [-0.39, 0.29) is 6.61 Å². The molecule has 0 unspecified atom stereocenters. The summed E-state index contributed by atoms with van der Waals surface area (Å²) in [6, 6.07) is 0. The van der Waals surface area contributed by atoms with Crippen molar-refractivity contribution in [1.29, 1.82) is 0 Å². The van der Waals surface area contributed by atoms with Crippen molar-refractivity contribution < 1.29 is 18.9 Å². The molecule has 0 aliphatic carbocycles. The van der Waals surface area contributed by atoms with Gasteiger partial charge in [0.1, 0.15) is 0 Å². The second kappa shape index (κ2) is 42.1. The van der Waals surface area contributed by atoms with E-state index in [0.29, 0.717) is 6.42 Å². The number of phosphoric ester groups is 1. The van der Waals surface area contributed by atoms with Gasteiger partial charge in [-0.25, -0.2) is 0 Å². The highest BCUT2D eigenvalue weighted by atomic mass is 31.2. The Balaban J connectivity index is -0.000000678. The van der Waals surface area contributed by atoms with Crippen molar-refractivity contribution in [3.8, 4) is 0 Å². The van der Waals surface area contributed by atoms with E-state index in [9.17, 15) is 14.4 Å². The highest BCUT2D eigenvalue weighted by molar-refractivity contribution is 7.76. The molecule has 4 nitrogen and oxygen atoms in total. The molecule has 0 aliphatic heterocycles. The summed E-state index contributed by atoms with van der Waals surface area (Å²) in [5, 5.41) is 0. The maximum Gasteiger partial charge on any atom is 0.0596 e. The van der Waals surface area contributed by atoms with Crippen LogP contribution in [0.15, 0.2) is 0 Å². The molecule has 0 radical (unpaired) electrons. The lowest BCUT2D eigenvalue weighted by atomic mass is 10.1. The summed E-state index contributed by atoms with van der Waals surface area (Å²) in [5.41, 5.74) is 0. The lowest BCUT2D eigenvalue weighted by Crippen LogP contribution is -2.16. The molecule has 0 amide bonds. The van der Waals surface area contributed by atoms with Crippen molar-refractivity contribution in [2.45, 2.75) is 229 Å². The smallest absolute Gasteiger partial charge is 0.0596 e. The van der Waals surface area contributed by atoms with Crippen LogP contribution in [0, 0.1) is 0 Å². The zero-order valence-corrected chi connectivity index (χ0v) is 39.4. The third-order valence-corrected chi connectivity index (χ3v) is 21.3. The van der Waals surface area contributed by atoms with Crippen LogP contribution in [0.1, 0.15) is 229 Å². The van der Waals surface area contributed by atoms with Gasteiger partial charge in [-0.2, -0.15) is 0 Å². The fourth-order valence-corrected chi connectivity index (χ4v) is 18.0. The monoisotopic (exact) mass is 783 g/mol. The van der Waals surface area contributed by atoms with Crippen LogP contribution in [0.5, 0.6) is 0 Å². The van der Waals surface area contributed by atoms with Gasteiger partial charge in [-0.1, -0.05) is 171 Å². The number of hydrogen-bond acceptors (Lipinski definition) is 4. The number of unbranched alkanes of at least 4 members (excludes halogenated alkanes) is 17. The van der Waals surface area contributed by atoms with Crippen molar-refractivity contribution in [3.05, 3.63) is 0 Å². The molecular weight excluding hydrogens is 685 g/mol. The number of rotatable bonds is 36. The summed E-state index contributed by atoms with van der Waals surface area (Å²) in [6.45, 7) is 21.1. The Hall–Kier alpha value is 0.970. The molecule has 7 heteroatoms. The summed E-state index contributed by atoms with van der Waals surface area (Å²) in [7, 11) is -5.87. The highest BCUT2D eigenvalue weighted by Gasteiger charge is 2.35. The van der Waals surface area contributed by atoms with Crippen LogP contribution in [0.4, 0.5) is 0 Å². The Kier molecular flexibility index (Phi) is 46.5. The minimum Gasteiger partial charge on any atom is -0.790 e. The normalized spacial score (nSPS) is 12.0. The first kappa shape index (κ1) is 56.3. The number of hydrogen-bond donors (Lipinski definition) is 0. The molecule has 0 saturated carbocycles. The molecule has 0 fully saturated rings. The molecule has 0 heterocycles. The first-order chi connectivity index (χ1) is 24.5. The fraction of sp³-hybridized carbons (Fsp3) is 1.00. The molecule has 0 rings (SSSR count). The van der Waals surface area contributed by atoms with E-state index in [1.165, 1.54) is 148 Å². The molecule has 0 aromatic carbocycles. The van der Waals surface area contributed by atoms with Crippen LogP contribution in [0.25, 0.3) is 0 Å². The average Bonchev–Trinajstić information content (AvgIpc) is 3.12. The first-order valence-corrected chi connectivity index (χ1v) is 29.4. The molecule has 0 aromatic heterocycles. The molecule has 312 valence electrons. The SMILES string of the molecule is CCCCCCCCCCCCOP(=O)([O-])[O-].CCCC[P+](CCCC)(CCCC)CCCC.CCCC[P+](CCCC)(CCCC)CCCC. The minimum absolute atomic E-state index is 0.0424. The van der Waals surface area contributed by atoms with Crippen LogP contribution in [0.3, 0.4) is 0 Å². The summed E-state index contributed by atoms with van der Waals surface area (Å²) in [6.07, 6.45) is 47.6. The molecule has 51 heavy (non-hydrogen) atoms. The molecular formula is C44H97O4P3. The Bertz CT molecular complexity index is 589. The fourth-order valence-electron chi connectivity index (χ4n) is 7.06. The quantitative estimate of drug-likeness (QED) is 0.0469. The molecule has 0 spiro atoms. The van der Waals surface area contributed by atoms with Gasteiger partial charge in [0.15, 0.2) is 0 Å². The predicted molar refractivity (Wildman–Crippen MR) is 237 cm³/mol. The molecule has 0 N–H and O–H groups in total. The van der Waals surface area contributed by atoms with Crippen molar-refractivity contribution >= 4 is 22.3 Å². The second-order valence-corrected chi connectivity index (χ2v) is 25.9. The topological polar surface area (TPSA) is 72.4 Å². The third kappa shape index (κ3) is 40.5. The standard InChI is InChI=1S/2C16H36P.C12H27O4P/c2*1-5-9-13-17(14-10-6-2,15-11-7-3)16-12-8-4;1-2-3-4-5-6-7-8-9-10-11-12-16-17(13,14)15/h2*5-16H2,1-4H3;2-12H2,1H3,(H2,13,14,15)/q2*+1;/p-2. The van der Waals surface area contributed by atoms with Crippen LogP contribution < -0.4 is 9.79 Å². The molecule has 0 saturated heterocycles. The van der Waals surface area contributed by atoms with E-state index < -0.39 is 22.3 Å².